The fourth-order valence-corrected chi connectivity index (χ4v) is 1.60. The molecule has 0 aliphatic carbocycles. The maximum absolute atomic E-state index is 10.7. The lowest BCUT2D eigenvalue weighted by atomic mass is 10.1. The third-order valence-corrected chi connectivity index (χ3v) is 2.13. The van der Waals surface area contributed by atoms with Crippen molar-refractivity contribution < 1.29 is 5.03 Å². The lowest BCUT2D eigenvalue weighted by molar-refractivity contribution is -0.640. The molecule has 0 saturated heterocycles. The summed E-state index contributed by atoms with van der Waals surface area (Å²) < 4.78 is 0. The fraction of sp³-hybridized carbons (Fsp3) is 0.875. The van der Waals surface area contributed by atoms with Gasteiger partial charge in [0.15, 0.2) is 17.5 Å². The van der Waals surface area contributed by atoms with Crippen LogP contribution in [0.1, 0.15) is 27.2 Å². The minimum Gasteiger partial charge on any atom is -0.266 e. The van der Waals surface area contributed by atoms with E-state index in [9.17, 15) is 10.1 Å². The van der Waals surface area contributed by atoms with Gasteiger partial charge in [-0.05, 0) is 12.3 Å². The van der Waals surface area contributed by atoms with E-state index >= 15 is 0 Å². The molecule has 0 bridgehead atoms. The van der Waals surface area contributed by atoms with Gasteiger partial charge in [0.25, 0.3) is 0 Å². The molecular formula is C8H16N4O2. The molecule has 0 aromatic rings. The Morgan fingerprint density at radius 1 is 1.64 bits per heavy atom. The number of hydrazone groups is 1. The normalized spacial score (nSPS) is 21.0. The SMILES string of the molecule is CCCN1N=CN([N+](=O)[O-])C1C(C)C. The third kappa shape index (κ3) is 1.94. The molecule has 0 aromatic heterocycles. The van der Waals surface area contributed by atoms with Gasteiger partial charge in [-0.25, -0.2) is 10.1 Å². The van der Waals surface area contributed by atoms with Crippen molar-refractivity contribution in [2.24, 2.45) is 11.0 Å². The number of rotatable bonds is 4. The van der Waals surface area contributed by atoms with Gasteiger partial charge < -0.3 is 0 Å². The van der Waals surface area contributed by atoms with E-state index in [0.29, 0.717) is 0 Å². The topological polar surface area (TPSA) is 62.0 Å². The van der Waals surface area contributed by atoms with E-state index in [0.717, 1.165) is 18.0 Å². The Morgan fingerprint density at radius 2 is 2.29 bits per heavy atom. The molecule has 1 heterocycles. The molecule has 0 amide bonds. The van der Waals surface area contributed by atoms with E-state index in [1.807, 2.05) is 20.8 Å². The molecule has 0 radical (unpaired) electrons. The van der Waals surface area contributed by atoms with Crippen LogP contribution in [0.3, 0.4) is 0 Å². The quantitative estimate of drug-likeness (QED) is 0.504. The van der Waals surface area contributed by atoms with Crippen molar-refractivity contribution in [1.82, 2.24) is 10.0 Å². The first-order chi connectivity index (χ1) is 6.57. The standard InChI is InChI=1S/C8H16N4O2/c1-4-5-10-8(7(2)3)11(6-9-10)12(13)14/h6-8H,4-5H2,1-3H3. The minimum atomic E-state index is -0.413. The number of hydrogen-bond acceptors (Lipinski definition) is 4. The molecule has 1 unspecified atom stereocenters. The molecule has 80 valence electrons. The Labute approximate surface area is 83.3 Å². The zero-order chi connectivity index (χ0) is 10.7. The zero-order valence-corrected chi connectivity index (χ0v) is 8.75. The molecule has 0 saturated carbocycles. The van der Waals surface area contributed by atoms with Gasteiger partial charge in [0.2, 0.25) is 0 Å². The summed E-state index contributed by atoms with van der Waals surface area (Å²) in [7, 11) is 0. The van der Waals surface area contributed by atoms with Gasteiger partial charge in [-0.3, -0.25) is 5.01 Å². The molecule has 0 N–H and O–H groups in total. The van der Waals surface area contributed by atoms with Crippen LogP contribution in [0, 0.1) is 16.0 Å². The smallest absolute Gasteiger partial charge is 0.185 e. The minimum absolute atomic E-state index is 0.175. The van der Waals surface area contributed by atoms with Gasteiger partial charge in [-0.1, -0.05) is 25.8 Å². The summed E-state index contributed by atoms with van der Waals surface area (Å²) in [6.45, 7) is 6.70. The summed E-state index contributed by atoms with van der Waals surface area (Å²) in [5.74, 6) is 0.175. The molecule has 0 fully saturated rings. The summed E-state index contributed by atoms with van der Waals surface area (Å²) >= 11 is 0. The highest BCUT2D eigenvalue weighted by Gasteiger charge is 2.37. The second-order valence-corrected chi connectivity index (χ2v) is 3.67. The molecule has 1 aliphatic heterocycles. The van der Waals surface area contributed by atoms with Gasteiger partial charge in [0.1, 0.15) is 0 Å². The molecule has 1 atom stereocenters. The van der Waals surface area contributed by atoms with Crippen LogP contribution in [0.5, 0.6) is 0 Å². The second-order valence-electron chi connectivity index (χ2n) is 3.67. The molecule has 0 spiro atoms. The molecule has 6 nitrogen and oxygen atoms in total. The molecule has 1 rings (SSSR count). The van der Waals surface area contributed by atoms with E-state index in [1.54, 1.807) is 5.01 Å². The van der Waals surface area contributed by atoms with Crippen LogP contribution < -0.4 is 0 Å². The Hall–Kier alpha value is -1.33. The highest BCUT2D eigenvalue weighted by molar-refractivity contribution is 5.55. The lowest BCUT2D eigenvalue weighted by Gasteiger charge is -2.27. The fourth-order valence-electron chi connectivity index (χ4n) is 1.60. The Bertz CT molecular complexity index is 241. The number of nitrogens with zero attached hydrogens (tertiary/aromatic N) is 4. The average molecular weight is 200 g/mol. The molecule has 14 heavy (non-hydrogen) atoms. The van der Waals surface area contributed by atoms with E-state index in [1.165, 1.54) is 6.34 Å². The summed E-state index contributed by atoms with van der Waals surface area (Å²) in [4.78, 5) is 10.7. The predicted octanol–water partition coefficient (Wildman–Crippen LogP) is 1.13. The van der Waals surface area contributed by atoms with Crippen LogP contribution >= 0.6 is 0 Å². The van der Waals surface area contributed by atoms with Crippen molar-refractivity contribution >= 4 is 6.34 Å². The van der Waals surface area contributed by atoms with Crippen molar-refractivity contribution in [1.29, 1.82) is 0 Å². The predicted molar refractivity (Wildman–Crippen MR) is 52.9 cm³/mol. The Morgan fingerprint density at radius 3 is 2.71 bits per heavy atom. The number of hydrogen-bond donors (Lipinski definition) is 0. The first kappa shape index (κ1) is 10.7. The Balaban J connectivity index is 2.74. The van der Waals surface area contributed by atoms with Crippen molar-refractivity contribution in [2.75, 3.05) is 6.54 Å². The van der Waals surface area contributed by atoms with Gasteiger partial charge in [-0.15, -0.1) is 0 Å². The molecule has 6 heteroatoms. The third-order valence-electron chi connectivity index (χ3n) is 2.13. The van der Waals surface area contributed by atoms with Gasteiger partial charge in [-0.2, -0.15) is 5.10 Å². The summed E-state index contributed by atoms with van der Waals surface area (Å²) in [6.07, 6.45) is 1.98. The van der Waals surface area contributed by atoms with Gasteiger partial charge in [0, 0.05) is 6.54 Å². The van der Waals surface area contributed by atoms with Crippen LogP contribution in [0.25, 0.3) is 0 Å². The largest absolute Gasteiger partial charge is 0.266 e. The molecule has 1 aliphatic rings. The van der Waals surface area contributed by atoms with Crippen LogP contribution in [-0.2, 0) is 0 Å². The molecule has 0 aromatic carbocycles. The first-order valence-electron chi connectivity index (χ1n) is 4.81. The monoisotopic (exact) mass is 200 g/mol. The Kier molecular flexibility index (Phi) is 3.27. The van der Waals surface area contributed by atoms with E-state index in [2.05, 4.69) is 5.10 Å². The average Bonchev–Trinajstić information content (AvgIpc) is 2.48. The van der Waals surface area contributed by atoms with Crippen molar-refractivity contribution in [3.63, 3.8) is 0 Å². The van der Waals surface area contributed by atoms with Crippen molar-refractivity contribution in [2.45, 2.75) is 33.4 Å². The summed E-state index contributed by atoms with van der Waals surface area (Å²) in [5, 5.41) is 17.1. The van der Waals surface area contributed by atoms with Crippen LogP contribution in [0.4, 0.5) is 0 Å². The maximum Gasteiger partial charge on any atom is 0.185 e. The molecular weight excluding hydrogens is 184 g/mol. The van der Waals surface area contributed by atoms with Gasteiger partial charge >= 0.3 is 0 Å². The summed E-state index contributed by atoms with van der Waals surface area (Å²) in [6, 6.07) is 0. The van der Waals surface area contributed by atoms with Crippen molar-refractivity contribution in [3.05, 3.63) is 10.1 Å². The lowest BCUT2D eigenvalue weighted by Crippen LogP contribution is -2.46. The summed E-state index contributed by atoms with van der Waals surface area (Å²) in [5.41, 5.74) is 0. The van der Waals surface area contributed by atoms with E-state index in [4.69, 9.17) is 0 Å². The first-order valence-corrected chi connectivity index (χ1v) is 4.81. The van der Waals surface area contributed by atoms with Crippen LogP contribution in [0.2, 0.25) is 0 Å². The van der Waals surface area contributed by atoms with Crippen LogP contribution in [0.15, 0.2) is 5.10 Å². The van der Waals surface area contributed by atoms with Crippen LogP contribution in [-0.4, -0.2) is 34.1 Å². The second kappa shape index (κ2) is 4.26. The number of hydrazine groups is 1. The van der Waals surface area contributed by atoms with E-state index in [-0.39, 0.29) is 12.1 Å². The number of nitro groups is 1. The zero-order valence-electron chi connectivity index (χ0n) is 8.75. The maximum atomic E-state index is 10.7. The highest BCUT2D eigenvalue weighted by Crippen LogP contribution is 2.19. The van der Waals surface area contributed by atoms with E-state index < -0.39 is 5.03 Å². The van der Waals surface area contributed by atoms with Crippen molar-refractivity contribution in [3.8, 4) is 0 Å². The van der Waals surface area contributed by atoms with Gasteiger partial charge in [0.05, 0.1) is 0 Å². The highest BCUT2D eigenvalue weighted by atomic mass is 16.7.